The van der Waals surface area contributed by atoms with Crippen LogP contribution in [0.1, 0.15) is 52.5 Å². The van der Waals surface area contributed by atoms with Gasteiger partial charge in [0.25, 0.3) is 0 Å². The van der Waals surface area contributed by atoms with Gasteiger partial charge in [0.2, 0.25) is 5.91 Å². The molecule has 174 valence electrons. The maximum atomic E-state index is 13.1. The number of hydrogen-bond acceptors (Lipinski definition) is 4. The van der Waals surface area contributed by atoms with Crippen LogP contribution in [0.4, 0.5) is 4.79 Å². The molecule has 2 aliphatic heterocycles. The number of para-hydroxylation sites is 2. The Hall–Kier alpha value is -2.77. The number of likely N-dealkylation sites (tertiary alicyclic amines) is 2. The molecule has 2 amide bonds. The van der Waals surface area contributed by atoms with Crippen molar-refractivity contribution in [3.8, 4) is 0 Å². The van der Waals surface area contributed by atoms with Gasteiger partial charge in [-0.15, -0.1) is 0 Å². The quantitative estimate of drug-likeness (QED) is 0.716. The number of piperidine rings is 2. The minimum absolute atomic E-state index is 0.00508. The van der Waals surface area contributed by atoms with Crippen LogP contribution >= 0.6 is 0 Å². The van der Waals surface area contributed by atoms with E-state index in [9.17, 15) is 14.4 Å². The van der Waals surface area contributed by atoms with E-state index < -0.39 is 5.60 Å². The van der Waals surface area contributed by atoms with Crippen molar-refractivity contribution in [3.63, 3.8) is 0 Å². The van der Waals surface area contributed by atoms with Crippen molar-refractivity contribution in [2.45, 2.75) is 58.1 Å². The number of benzene rings is 1. The molecular weight excluding hydrogens is 408 g/mol. The van der Waals surface area contributed by atoms with Gasteiger partial charge in [-0.05, 0) is 58.6 Å². The second-order valence-electron chi connectivity index (χ2n) is 10.00. The summed E-state index contributed by atoms with van der Waals surface area (Å²) in [6.45, 7) is 7.99. The standard InChI is InChI=1S/C24H34N4O4/c1-24(2,3)32-23(31)27-13-9-17(10-14-27)21(29)26-15-11-18(12-16-26)28-20-8-6-5-7-19(20)25(4)22(28)30/h5-8,17-18H,9-16H2,1-4H3. The summed E-state index contributed by atoms with van der Waals surface area (Å²) in [6.07, 6.45) is 2.58. The van der Waals surface area contributed by atoms with E-state index in [4.69, 9.17) is 4.74 Å². The number of fused-ring (bicyclic) bond motifs is 1. The number of hydrogen-bond donors (Lipinski definition) is 0. The Labute approximate surface area is 188 Å². The maximum Gasteiger partial charge on any atom is 0.410 e. The molecule has 8 nitrogen and oxygen atoms in total. The molecule has 0 radical (unpaired) electrons. The molecule has 32 heavy (non-hydrogen) atoms. The van der Waals surface area contributed by atoms with E-state index in [1.165, 1.54) is 0 Å². The monoisotopic (exact) mass is 442 g/mol. The van der Waals surface area contributed by atoms with Crippen molar-refractivity contribution in [2.75, 3.05) is 26.2 Å². The summed E-state index contributed by atoms with van der Waals surface area (Å²) < 4.78 is 9.05. The van der Waals surface area contributed by atoms with Crippen molar-refractivity contribution >= 4 is 23.0 Å². The number of carbonyl (C=O) groups excluding carboxylic acids is 2. The Kier molecular flexibility index (Phi) is 6.05. The zero-order valence-electron chi connectivity index (χ0n) is 19.5. The molecule has 2 fully saturated rings. The largest absolute Gasteiger partial charge is 0.444 e. The van der Waals surface area contributed by atoms with E-state index in [1.54, 1.807) is 9.47 Å². The first-order valence-electron chi connectivity index (χ1n) is 11.6. The molecule has 0 saturated carbocycles. The SMILES string of the molecule is Cn1c(=O)n(C2CCN(C(=O)C3CCN(C(=O)OC(C)(C)C)CC3)CC2)c2ccccc21. The van der Waals surface area contributed by atoms with Crippen LogP contribution < -0.4 is 5.69 Å². The summed E-state index contributed by atoms with van der Waals surface area (Å²) in [5, 5.41) is 0. The van der Waals surface area contributed by atoms with Crippen LogP contribution in [-0.4, -0.2) is 62.7 Å². The highest BCUT2D eigenvalue weighted by Gasteiger charge is 2.34. The second-order valence-corrected chi connectivity index (χ2v) is 10.00. The topological polar surface area (TPSA) is 76.8 Å². The first-order valence-corrected chi connectivity index (χ1v) is 11.6. The van der Waals surface area contributed by atoms with Gasteiger partial charge in [0, 0.05) is 45.2 Å². The molecule has 2 saturated heterocycles. The molecule has 0 N–H and O–H groups in total. The summed E-state index contributed by atoms with van der Waals surface area (Å²) in [5.41, 5.74) is 1.39. The highest BCUT2D eigenvalue weighted by atomic mass is 16.6. The number of nitrogens with zero attached hydrogens (tertiary/aromatic N) is 4. The fourth-order valence-electron chi connectivity index (χ4n) is 4.91. The van der Waals surface area contributed by atoms with Gasteiger partial charge in [-0.25, -0.2) is 9.59 Å². The van der Waals surface area contributed by atoms with Crippen molar-refractivity contribution in [3.05, 3.63) is 34.7 Å². The predicted octanol–water partition coefficient (Wildman–Crippen LogP) is 3.15. The third kappa shape index (κ3) is 4.40. The minimum atomic E-state index is -0.514. The van der Waals surface area contributed by atoms with Gasteiger partial charge in [0.05, 0.1) is 11.0 Å². The summed E-state index contributed by atoms with van der Waals surface area (Å²) in [4.78, 5) is 41.8. The highest BCUT2D eigenvalue weighted by Crippen LogP contribution is 2.28. The molecule has 0 atom stereocenters. The number of aromatic nitrogens is 2. The molecule has 0 bridgehead atoms. The molecule has 0 unspecified atom stereocenters. The van der Waals surface area contributed by atoms with Crippen molar-refractivity contribution in [1.29, 1.82) is 0 Å². The van der Waals surface area contributed by atoms with Gasteiger partial charge < -0.3 is 14.5 Å². The molecule has 8 heteroatoms. The minimum Gasteiger partial charge on any atom is -0.444 e. The number of ether oxygens (including phenoxy) is 1. The van der Waals surface area contributed by atoms with Gasteiger partial charge in [0.15, 0.2) is 0 Å². The van der Waals surface area contributed by atoms with E-state index in [2.05, 4.69) is 0 Å². The Morgan fingerprint density at radius 1 is 0.906 bits per heavy atom. The number of carbonyl (C=O) groups is 2. The van der Waals surface area contributed by atoms with Gasteiger partial charge in [-0.1, -0.05) is 12.1 Å². The number of rotatable bonds is 2. The van der Waals surface area contributed by atoms with Crippen LogP contribution in [0.25, 0.3) is 11.0 Å². The number of aryl methyl sites for hydroxylation is 1. The lowest BCUT2D eigenvalue weighted by atomic mass is 9.94. The smallest absolute Gasteiger partial charge is 0.410 e. The molecule has 3 heterocycles. The van der Waals surface area contributed by atoms with Crippen molar-refractivity contribution in [1.82, 2.24) is 18.9 Å². The van der Waals surface area contributed by atoms with E-state index in [0.29, 0.717) is 39.0 Å². The molecular formula is C24H34N4O4. The van der Waals surface area contributed by atoms with E-state index in [1.807, 2.05) is 61.6 Å². The first kappa shape index (κ1) is 22.4. The molecule has 1 aromatic heterocycles. The number of amides is 2. The Morgan fingerprint density at radius 2 is 1.47 bits per heavy atom. The van der Waals surface area contributed by atoms with Crippen LogP contribution in [0, 0.1) is 5.92 Å². The van der Waals surface area contributed by atoms with Crippen molar-refractivity contribution < 1.29 is 14.3 Å². The zero-order valence-corrected chi connectivity index (χ0v) is 19.5. The first-order chi connectivity index (χ1) is 15.2. The highest BCUT2D eigenvalue weighted by molar-refractivity contribution is 5.79. The van der Waals surface area contributed by atoms with Crippen molar-refractivity contribution in [2.24, 2.45) is 13.0 Å². The van der Waals surface area contributed by atoms with Gasteiger partial charge >= 0.3 is 11.8 Å². The summed E-state index contributed by atoms with van der Waals surface area (Å²) >= 11 is 0. The number of imidazole rings is 1. The lowest BCUT2D eigenvalue weighted by molar-refractivity contribution is -0.138. The fourth-order valence-corrected chi connectivity index (χ4v) is 4.91. The van der Waals surface area contributed by atoms with Gasteiger partial charge in [-0.2, -0.15) is 0 Å². The molecule has 2 aliphatic rings. The van der Waals surface area contributed by atoms with Crippen LogP contribution in [0.15, 0.2) is 29.1 Å². The maximum absolute atomic E-state index is 13.1. The average Bonchev–Trinajstić information content (AvgIpc) is 3.03. The molecule has 0 aliphatic carbocycles. The third-order valence-electron chi connectivity index (χ3n) is 6.63. The van der Waals surface area contributed by atoms with Gasteiger partial charge in [-0.3, -0.25) is 13.9 Å². The fraction of sp³-hybridized carbons (Fsp3) is 0.625. The van der Waals surface area contributed by atoms with E-state index >= 15 is 0 Å². The average molecular weight is 443 g/mol. The van der Waals surface area contributed by atoms with Crippen LogP contribution in [0.3, 0.4) is 0 Å². The molecule has 1 aromatic carbocycles. The predicted molar refractivity (Wildman–Crippen MR) is 123 cm³/mol. The second kappa shape index (κ2) is 8.64. The Morgan fingerprint density at radius 3 is 2.06 bits per heavy atom. The van der Waals surface area contributed by atoms with E-state index in [-0.39, 0.29) is 29.6 Å². The van der Waals surface area contributed by atoms with Gasteiger partial charge in [0.1, 0.15) is 5.60 Å². The van der Waals surface area contributed by atoms with E-state index in [0.717, 1.165) is 23.9 Å². The molecule has 4 rings (SSSR count). The molecule has 2 aromatic rings. The third-order valence-corrected chi connectivity index (χ3v) is 6.63. The van der Waals surface area contributed by atoms with Crippen LogP contribution in [0.2, 0.25) is 0 Å². The zero-order chi connectivity index (χ0) is 23.0. The summed E-state index contributed by atoms with van der Waals surface area (Å²) in [5.74, 6) is 0.128. The van der Waals surface area contributed by atoms with Crippen LogP contribution in [-0.2, 0) is 16.6 Å². The summed E-state index contributed by atoms with van der Waals surface area (Å²) in [6, 6.07) is 7.97. The lowest BCUT2D eigenvalue weighted by Crippen LogP contribution is -2.48. The van der Waals surface area contributed by atoms with Crippen LogP contribution in [0.5, 0.6) is 0 Å². The Balaban J connectivity index is 1.34. The lowest BCUT2D eigenvalue weighted by Gasteiger charge is -2.37. The molecule has 0 spiro atoms. The Bertz CT molecular complexity index is 1050. The summed E-state index contributed by atoms with van der Waals surface area (Å²) in [7, 11) is 1.81. The normalized spacial score (nSPS) is 18.9.